The smallest absolute Gasteiger partial charge is 0.227 e. The Bertz CT molecular complexity index is 494. The van der Waals surface area contributed by atoms with Gasteiger partial charge >= 0.3 is 0 Å². The van der Waals surface area contributed by atoms with Crippen LogP contribution in [0.15, 0.2) is 18.2 Å². The molecule has 1 N–H and O–H groups in total. The zero-order valence-corrected chi connectivity index (χ0v) is 10.5. The van der Waals surface area contributed by atoms with Gasteiger partial charge in [-0.3, -0.25) is 4.79 Å². The molecule has 0 bridgehead atoms. The van der Waals surface area contributed by atoms with Crippen molar-refractivity contribution in [3.05, 3.63) is 35.4 Å². The average molecular weight is 266 g/mol. The van der Waals surface area contributed by atoms with E-state index in [-0.39, 0.29) is 17.9 Å². The standard InChI is InChI=1S/C14H16F2N2O/c15-12-3-1-2-9(14(12)16)4-13(19)18-7-10-5-17-6-11(10)8-18/h1-3,10-11,17H,4-8H2/t10-,11+. The van der Waals surface area contributed by atoms with E-state index in [1.165, 1.54) is 12.1 Å². The summed E-state index contributed by atoms with van der Waals surface area (Å²) in [6, 6.07) is 3.97. The third-order valence-corrected chi connectivity index (χ3v) is 4.12. The van der Waals surface area contributed by atoms with Gasteiger partial charge in [0.05, 0.1) is 6.42 Å². The van der Waals surface area contributed by atoms with Crippen LogP contribution in [-0.4, -0.2) is 37.0 Å². The Balaban J connectivity index is 1.67. The fourth-order valence-corrected chi connectivity index (χ4v) is 3.02. The molecule has 5 heteroatoms. The molecule has 2 aliphatic rings. The van der Waals surface area contributed by atoms with Gasteiger partial charge in [-0.15, -0.1) is 0 Å². The molecule has 2 fully saturated rings. The largest absolute Gasteiger partial charge is 0.342 e. The van der Waals surface area contributed by atoms with Gasteiger partial charge in [-0.1, -0.05) is 12.1 Å². The zero-order valence-electron chi connectivity index (χ0n) is 10.5. The third-order valence-electron chi connectivity index (χ3n) is 4.12. The Morgan fingerprint density at radius 3 is 2.63 bits per heavy atom. The minimum Gasteiger partial charge on any atom is -0.342 e. The fourth-order valence-electron chi connectivity index (χ4n) is 3.02. The van der Waals surface area contributed by atoms with E-state index in [0.717, 1.165) is 32.2 Å². The van der Waals surface area contributed by atoms with Crippen molar-refractivity contribution < 1.29 is 13.6 Å². The minimum atomic E-state index is -0.906. The lowest BCUT2D eigenvalue weighted by Gasteiger charge is -2.17. The Labute approximate surface area is 110 Å². The normalized spacial score (nSPS) is 25.7. The summed E-state index contributed by atoms with van der Waals surface area (Å²) in [5.41, 5.74) is 0.139. The summed E-state index contributed by atoms with van der Waals surface area (Å²) in [7, 11) is 0. The second kappa shape index (κ2) is 4.89. The van der Waals surface area contributed by atoms with Gasteiger partial charge in [-0.2, -0.15) is 0 Å². The zero-order chi connectivity index (χ0) is 13.4. The van der Waals surface area contributed by atoms with Gasteiger partial charge in [0.15, 0.2) is 11.6 Å². The van der Waals surface area contributed by atoms with Crippen LogP contribution in [0.25, 0.3) is 0 Å². The van der Waals surface area contributed by atoms with E-state index < -0.39 is 11.6 Å². The fraction of sp³-hybridized carbons (Fsp3) is 0.500. The van der Waals surface area contributed by atoms with E-state index in [2.05, 4.69) is 5.32 Å². The van der Waals surface area contributed by atoms with Crippen LogP contribution in [0, 0.1) is 23.5 Å². The van der Waals surface area contributed by atoms with Crippen molar-refractivity contribution in [2.75, 3.05) is 26.2 Å². The van der Waals surface area contributed by atoms with Crippen molar-refractivity contribution in [1.82, 2.24) is 10.2 Å². The van der Waals surface area contributed by atoms with Crippen LogP contribution in [-0.2, 0) is 11.2 Å². The summed E-state index contributed by atoms with van der Waals surface area (Å²) in [6.07, 6.45) is -0.0591. The molecule has 0 aromatic heterocycles. The molecule has 0 spiro atoms. The SMILES string of the molecule is O=C(Cc1cccc(F)c1F)N1C[C@H]2CNC[C@H]2C1. The van der Waals surface area contributed by atoms with Crippen molar-refractivity contribution in [3.8, 4) is 0 Å². The van der Waals surface area contributed by atoms with Crippen LogP contribution >= 0.6 is 0 Å². The van der Waals surface area contributed by atoms with Crippen LogP contribution in [0.4, 0.5) is 8.78 Å². The molecule has 2 aliphatic heterocycles. The van der Waals surface area contributed by atoms with Gasteiger partial charge < -0.3 is 10.2 Å². The van der Waals surface area contributed by atoms with Crippen LogP contribution in [0.2, 0.25) is 0 Å². The molecule has 3 rings (SSSR count). The topological polar surface area (TPSA) is 32.3 Å². The number of carbonyl (C=O) groups excluding carboxylic acids is 1. The highest BCUT2D eigenvalue weighted by Crippen LogP contribution is 2.27. The number of amides is 1. The average Bonchev–Trinajstić information content (AvgIpc) is 2.95. The number of rotatable bonds is 2. The minimum absolute atomic E-state index is 0.0591. The predicted octanol–water partition coefficient (Wildman–Crippen LogP) is 1.19. The van der Waals surface area contributed by atoms with Crippen molar-refractivity contribution in [1.29, 1.82) is 0 Å². The summed E-state index contributed by atoms with van der Waals surface area (Å²) in [6.45, 7) is 3.35. The molecule has 3 nitrogen and oxygen atoms in total. The van der Waals surface area contributed by atoms with Crippen molar-refractivity contribution in [3.63, 3.8) is 0 Å². The number of hydrogen-bond acceptors (Lipinski definition) is 2. The highest BCUT2D eigenvalue weighted by molar-refractivity contribution is 5.79. The van der Waals surface area contributed by atoms with Gasteiger partial charge in [-0.25, -0.2) is 8.78 Å². The van der Waals surface area contributed by atoms with Crippen molar-refractivity contribution in [2.45, 2.75) is 6.42 Å². The molecule has 1 amide bonds. The van der Waals surface area contributed by atoms with E-state index in [0.29, 0.717) is 11.8 Å². The van der Waals surface area contributed by atoms with Crippen LogP contribution in [0.5, 0.6) is 0 Å². The number of nitrogens with one attached hydrogen (secondary N) is 1. The molecule has 2 heterocycles. The Morgan fingerprint density at radius 2 is 1.95 bits per heavy atom. The molecule has 0 unspecified atom stereocenters. The lowest BCUT2D eigenvalue weighted by molar-refractivity contribution is -0.129. The second-order valence-electron chi connectivity index (χ2n) is 5.37. The molecule has 2 saturated heterocycles. The van der Waals surface area contributed by atoms with Crippen LogP contribution in [0.1, 0.15) is 5.56 Å². The molecule has 0 radical (unpaired) electrons. The molecular formula is C14H16F2N2O. The van der Waals surface area contributed by atoms with Gasteiger partial charge in [0.1, 0.15) is 0 Å². The maximum atomic E-state index is 13.5. The maximum Gasteiger partial charge on any atom is 0.227 e. The monoisotopic (exact) mass is 266 g/mol. The Morgan fingerprint density at radius 1 is 1.26 bits per heavy atom. The van der Waals surface area contributed by atoms with E-state index in [1.807, 2.05) is 0 Å². The lowest BCUT2D eigenvalue weighted by atomic mass is 10.0. The van der Waals surface area contributed by atoms with Gasteiger partial charge in [0.25, 0.3) is 0 Å². The first-order valence-corrected chi connectivity index (χ1v) is 6.56. The van der Waals surface area contributed by atoms with Gasteiger partial charge in [-0.05, 0) is 17.9 Å². The van der Waals surface area contributed by atoms with Crippen LogP contribution < -0.4 is 5.32 Å². The number of fused-ring (bicyclic) bond motifs is 1. The van der Waals surface area contributed by atoms with Crippen molar-refractivity contribution in [2.24, 2.45) is 11.8 Å². The van der Waals surface area contributed by atoms with E-state index >= 15 is 0 Å². The summed E-state index contributed by atoms with van der Waals surface area (Å²) < 4.78 is 26.6. The number of likely N-dealkylation sites (tertiary alicyclic amines) is 1. The highest BCUT2D eigenvalue weighted by atomic mass is 19.2. The first-order valence-electron chi connectivity index (χ1n) is 6.56. The molecule has 0 saturated carbocycles. The quantitative estimate of drug-likeness (QED) is 0.872. The molecule has 19 heavy (non-hydrogen) atoms. The molecule has 102 valence electrons. The Kier molecular flexibility index (Phi) is 3.22. The first-order chi connectivity index (χ1) is 9.15. The molecule has 1 aromatic rings. The van der Waals surface area contributed by atoms with E-state index in [1.54, 1.807) is 4.90 Å². The second-order valence-corrected chi connectivity index (χ2v) is 5.37. The van der Waals surface area contributed by atoms with Crippen LogP contribution in [0.3, 0.4) is 0 Å². The Hall–Kier alpha value is -1.49. The van der Waals surface area contributed by atoms with Gasteiger partial charge in [0, 0.05) is 31.7 Å². The number of benzene rings is 1. The van der Waals surface area contributed by atoms with Crippen molar-refractivity contribution >= 4 is 5.91 Å². The molecule has 0 aliphatic carbocycles. The van der Waals surface area contributed by atoms with E-state index in [9.17, 15) is 13.6 Å². The molecule has 2 atom stereocenters. The van der Waals surface area contributed by atoms with E-state index in [4.69, 9.17) is 0 Å². The highest BCUT2D eigenvalue weighted by Gasteiger charge is 2.37. The number of hydrogen-bond donors (Lipinski definition) is 1. The summed E-state index contributed by atoms with van der Waals surface area (Å²) >= 11 is 0. The summed E-state index contributed by atoms with van der Waals surface area (Å²) in [5, 5.41) is 3.30. The summed E-state index contributed by atoms with van der Waals surface area (Å²) in [4.78, 5) is 13.9. The lowest BCUT2D eigenvalue weighted by Crippen LogP contribution is -2.33. The third kappa shape index (κ3) is 2.34. The van der Waals surface area contributed by atoms with Gasteiger partial charge in [0.2, 0.25) is 5.91 Å². The number of carbonyl (C=O) groups is 1. The summed E-state index contributed by atoms with van der Waals surface area (Å²) in [5.74, 6) is -0.883. The number of halogens is 2. The first kappa shape index (κ1) is 12.5. The maximum absolute atomic E-state index is 13.5. The predicted molar refractivity (Wildman–Crippen MR) is 66.5 cm³/mol. The molecule has 1 aromatic carbocycles. The number of nitrogens with zero attached hydrogens (tertiary/aromatic N) is 1. The molecular weight excluding hydrogens is 250 g/mol.